The van der Waals surface area contributed by atoms with Crippen molar-refractivity contribution in [2.24, 2.45) is 5.73 Å². The maximum Gasteiger partial charge on any atom is 0.471 e. The van der Waals surface area contributed by atoms with Crippen LogP contribution in [0.1, 0.15) is 12.5 Å². The number of benzene rings is 1. The minimum atomic E-state index is -4.91. The van der Waals surface area contributed by atoms with E-state index in [4.69, 9.17) is 5.73 Å². The number of nitrogens with two attached hydrogens (primary N) is 1. The molecule has 1 aromatic rings. The number of nitrogens with zero attached hydrogens (tertiary/aromatic N) is 1. The highest BCUT2D eigenvalue weighted by Crippen LogP contribution is 2.19. The van der Waals surface area contributed by atoms with Crippen LogP contribution in [-0.2, 0) is 16.1 Å². The number of hydrogen-bond donors (Lipinski definition) is 2. The Bertz CT molecular complexity index is 536. The van der Waals surface area contributed by atoms with E-state index in [1.54, 1.807) is 18.2 Å². The van der Waals surface area contributed by atoms with Gasteiger partial charge in [0.1, 0.15) is 0 Å². The van der Waals surface area contributed by atoms with E-state index in [-0.39, 0.29) is 19.0 Å². The molecule has 0 aliphatic heterocycles. The van der Waals surface area contributed by atoms with Gasteiger partial charge < -0.3 is 16.0 Å². The molecule has 0 saturated heterocycles. The van der Waals surface area contributed by atoms with Crippen LogP contribution < -0.4 is 11.1 Å². The molecule has 3 N–H and O–H groups in total. The van der Waals surface area contributed by atoms with Gasteiger partial charge in [-0.2, -0.15) is 13.2 Å². The van der Waals surface area contributed by atoms with Crippen LogP contribution in [0.15, 0.2) is 24.3 Å². The summed E-state index contributed by atoms with van der Waals surface area (Å²) in [4.78, 5) is 23.0. The second-order valence-corrected chi connectivity index (χ2v) is 4.64. The lowest BCUT2D eigenvalue weighted by atomic mass is 10.2. The van der Waals surface area contributed by atoms with Gasteiger partial charge in [0.2, 0.25) is 5.91 Å². The van der Waals surface area contributed by atoms with Crippen LogP contribution in [0, 0.1) is 0 Å². The second kappa shape index (κ2) is 8.00. The van der Waals surface area contributed by atoms with E-state index in [1.165, 1.54) is 13.0 Å². The fourth-order valence-corrected chi connectivity index (χ4v) is 1.57. The summed E-state index contributed by atoms with van der Waals surface area (Å²) < 4.78 is 36.8. The molecule has 0 aromatic heterocycles. The van der Waals surface area contributed by atoms with E-state index in [9.17, 15) is 22.8 Å². The average Bonchev–Trinajstić information content (AvgIpc) is 2.36. The first-order valence-electron chi connectivity index (χ1n) is 6.09. The first-order valence-corrected chi connectivity index (χ1v) is 6.09. The van der Waals surface area contributed by atoms with Crippen LogP contribution in [-0.4, -0.2) is 36.0 Å². The molecule has 0 radical (unpaired) electrons. The van der Waals surface area contributed by atoms with E-state index in [1.807, 2.05) is 0 Å². The lowest BCUT2D eigenvalue weighted by molar-refractivity contribution is -0.184. The molecule has 5 nitrogen and oxygen atoms in total. The number of carbonyl (C=O) groups excluding carboxylic acids is 2. The number of alkyl halides is 3. The van der Waals surface area contributed by atoms with Gasteiger partial charge in [-0.3, -0.25) is 9.59 Å². The van der Waals surface area contributed by atoms with Gasteiger partial charge in [-0.25, -0.2) is 0 Å². The molecule has 124 valence electrons. The van der Waals surface area contributed by atoms with Crippen molar-refractivity contribution < 1.29 is 22.8 Å². The molecule has 9 heteroatoms. The average molecular weight is 340 g/mol. The summed E-state index contributed by atoms with van der Waals surface area (Å²) in [5.41, 5.74) is 6.26. The maximum absolute atomic E-state index is 12.3. The van der Waals surface area contributed by atoms with Crippen molar-refractivity contribution in [3.05, 3.63) is 29.8 Å². The topological polar surface area (TPSA) is 75.4 Å². The number of amides is 2. The predicted molar refractivity (Wildman–Crippen MR) is 78.5 cm³/mol. The van der Waals surface area contributed by atoms with Crippen molar-refractivity contribution in [2.45, 2.75) is 25.7 Å². The van der Waals surface area contributed by atoms with Crippen LogP contribution in [0.3, 0.4) is 0 Å². The molecule has 0 aliphatic carbocycles. The van der Waals surface area contributed by atoms with Crippen LogP contribution in [0.2, 0.25) is 0 Å². The molecule has 0 spiro atoms. The number of halogens is 4. The molecule has 0 saturated carbocycles. The molecule has 0 aliphatic rings. The van der Waals surface area contributed by atoms with Gasteiger partial charge in [-0.05, 0) is 24.6 Å². The normalized spacial score (nSPS) is 12.1. The van der Waals surface area contributed by atoms with Crippen LogP contribution in [0.5, 0.6) is 0 Å². The zero-order chi connectivity index (χ0) is 16.2. The Morgan fingerprint density at radius 1 is 1.36 bits per heavy atom. The zero-order valence-electron chi connectivity index (χ0n) is 12.0. The molecule has 0 bridgehead atoms. The first-order chi connectivity index (χ1) is 9.61. The zero-order valence-corrected chi connectivity index (χ0v) is 12.8. The Morgan fingerprint density at radius 2 is 1.95 bits per heavy atom. The third-order valence-corrected chi connectivity index (χ3v) is 2.62. The lowest BCUT2D eigenvalue weighted by Crippen LogP contribution is -2.38. The molecule has 1 atom stereocenters. The van der Waals surface area contributed by atoms with Gasteiger partial charge in [0.15, 0.2) is 0 Å². The highest BCUT2D eigenvalue weighted by Gasteiger charge is 2.41. The molecule has 22 heavy (non-hydrogen) atoms. The number of rotatable bonds is 4. The quantitative estimate of drug-likeness (QED) is 0.880. The van der Waals surface area contributed by atoms with Crippen molar-refractivity contribution in [1.29, 1.82) is 0 Å². The Morgan fingerprint density at radius 3 is 2.45 bits per heavy atom. The van der Waals surface area contributed by atoms with Gasteiger partial charge in [0.25, 0.3) is 0 Å². The molecule has 0 fully saturated rings. The summed E-state index contributed by atoms with van der Waals surface area (Å²) in [7, 11) is 1.06. The highest BCUT2D eigenvalue weighted by molar-refractivity contribution is 5.94. The second-order valence-electron chi connectivity index (χ2n) is 4.64. The van der Waals surface area contributed by atoms with Gasteiger partial charge in [-0.1, -0.05) is 12.1 Å². The lowest BCUT2D eigenvalue weighted by Gasteiger charge is -2.19. The third-order valence-electron chi connectivity index (χ3n) is 2.62. The van der Waals surface area contributed by atoms with E-state index in [2.05, 4.69) is 5.32 Å². The van der Waals surface area contributed by atoms with Crippen molar-refractivity contribution in [3.63, 3.8) is 0 Å². The van der Waals surface area contributed by atoms with Crippen LogP contribution >= 0.6 is 12.4 Å². The molecular weight excluding hydrogens is 323 g/mol. The minimum Gasteiger partial charge on any atom is -0.334 e. The van der Waals surface area contributed by atoms with E-state index < -0.39 is 24.0 Å². The van der Waals surface area contributed by atoms with Gasteiger partial charge >= 0.3 is 12.1 Å². The number of hydrogen-bond acceptors (Lipinski definition) is 3. The standard InChI is InChI=1S/C13H16F3N3O2.ClH/c1-8(17)11(20)18-10-5-3-4-9(6-10)7-19(2)12(21)13(14,15)16;/h3-6,8H,7,17H2,1-2H3,(H,18,20);1H/t8-;/m1./s1. The number of nitrogens with one attached hydrogen (secondary N) is 1. The van der Waals surface area contributed by atoms with Crippen molar-refractivity contribution in [3.8, 4) is 0 Å². The van der Waals surface area contributed by atoms with E-state index in [0.29, 0.717) is 16.2 Å². The summed E-state index contributed by atoms with van der Waals surface area (Å²) in [6, 6.07) is 5.48. The Kier molecular flexibility index (Phi) is 7.34. The summed E-state index contributed by atoms with van der Waals surface area (Å²) in [6.07, 6.45) is -4.91. The number of anilines is 1. The molecular formula is C13H17ClF3N3O2. The van der Waals surface area contributed by atoms with E-state index >= 15 is 0 Å². The minimum absolute atomic E-state index is 0. The fraction of sp³-hybridized carbons (Fsp3) is 0.385. The maximum atomic E-state index is 12.3. The van der Waals surface area contributed by atoms with Crippen molar-refractivity contribution in [1.82, 2.24) is 4.90 Å². The van der Waals surface area contributed by atoms with Crippen molar-refractivity contribution >= 4 is 29.9 Å². The molecule has 2 amide bonds. The first kappa shape index (κ1) is 20.2. The van der Waals surface area contributed by atoms with Gasteiger partial charge in [0.05, 0.1) is 6.04 Å². The molecule has 0 unspecified atom stereocenters. The summed E-state index contributed by atoms with van der Waals surface area (Å²) in [5.74, 6) is -2.33. The smallest absolute Gasteiger partial charge is 0.334 e. The fourth-order valence-electron chi connectivity index (χ4n) is 1.57. The predicted octanol–water partition coefficient (Wildman–Crippen LogP) is 1.91. The molecule has 1 aromatic carbocycles. The summed E-state index contributed by atoms with van der Waals surface area (Å²) >= 11 is 0. The SMILES string of the molecule is C[C@@H](N)C(=O)Nc1cccc(CN(C)C(=O)C(F)(F)F)c1.Cl. The molecule has 0 heterocycles. The van der Waals surface area contributed by atoms with Crippen LogP contribution in [0.4, 0.5) is 18.9 Å². The largest absolute Gasteiger partial charge is 0.471 e. The summed E-state index contributed by atoms with van der Waals surface area (Å²) in [5, 5.41) is 2.52. The third kappa shape index (κ3) is 5.90. The van der Waals surface area contributed by atoms with E-state index in [0.717, 1.165) is 7.05 Å². The van der Waals surface area contributed by atoms with Gasteiger partial charge in [-0.15, -0.1) is 12.4 Å². The Balaban J connectivity index is 0.00000441. The van der Waals surface area contributed by atoms with Gasteiger partial charge in [0, 0.05) is 19.3 Å². The number of carbonyl (C=O) groups is 2. The Hall–Kier alpha value is -1.80. The molecule has 1 rings (SSSR count). The summed E-state index contributed by atoms with van der Waals surface area (Å²) in [6.45, 7) is 1.29. The monoisotopic (exact) mass is 339 g/mol. The Labute approximate surface area is 132 Å². The van der Waals surface area contributed by atoms with Crippen LogP contribution in [0.25, 0.3) is 0 Å². The highest BCUT2D eigenvalue weighted by atomic mass is 35.5. The van der Waals surface area contributed by atoms with Crippen molar-refractivity contribution in [2.75, 3.05) is 12.4 Å².